The topological polar surface area (TPSA) is 35.5 Å². The molecular formula is C13H13IO3. The average Bonchev–Trinajstić information content (AvgIpc) is 2.25. The van der Waals surface area contributed by atoms with Crippen LogP contribution in [0.2, 0.25) is 0 Å². The lowest BCUT2D eigenvalue weighted by atomic mass is 10.1. The van der Waals surface area contributed by atoms with E-state index in [2.05, 4.69) is 9.85 Å². The average molecular weight is 344 g/mol. The van der Waals surface area contributed by atoms with E-state index in [1.807, 2.05) is 55.5 Å². The number of carbonyl (C=O) groups is 1. The Kier molecular flexibility index (Phi) is 5.29. The van der Waals surface area contributed by atoms with Gasteiger partial charge in [0.2, 0.25) is 0 Å². The molecule has 0 N–H and O–H groups in total. The van der Waals surface area contributed by atoms with E-state index >= 15 is 0 Å². The van der Waals surface area contributed by atoms with E-state index in [0.717, 1.165) is 16.7 Å². The molecule has 0 saturated carbocycles. The molecular weight excluding hydrogens is 331 g/mol. The van der Waals surface area contributed by atoms with Gasteiger partial charge in [0.15, 0.2) is 6.61 Å². The van der Waals surface area contributed by atoms with Crippen LogP contribution in [0.15, 0.2) is 12.1 Å². The molecule has 0 fully saturated rings. The Labute approximate surface area is 115 Å². The first kappa shape index (κ1) is 13.8. The second-order valence-corrected chi connectivity index (χ2v) is 4.16. The number of carbonyl (C=O) groups excluding carboxylic acids is 1. The van der Waals surface area contributed by atoms with E-state index in [1.165, 1.54) is 0 Å². The van der Waals surface area contributed by atoms with Gasteiger partial charge in [-0.1, -0.05) is 12.0 Å². The summed E-state index contributed by atoms with van der Waals surface area (Å²) in [4.78, 5) is 11.3. The van der Waals surface area contributed by atoms with Crippen molar-refractivity contribution in [3.05, 3.63) is 28.8 Å². The molecule has 3 nitrogen and oxygen atoms in total. The van der Waals surface area contributed by atoms with Gasteiger partial charge in [-0.25, -0.2) is 4.79 Å². The van der Waals surface area contributed by atoms with Gasteiger partial charge in [-0.3, -0.25) is 0 Å². The van der Waals surface area contributed by atoms with E-state index in [1.54, 1.807) is 0 Å². The SMILES string of the molecule is Cc1cc(C)c(C)c(OC(=O)OCC#CI)c1. The molecule has 0 aromatic heterocycles. The molecule has 0 atom stereocenters. The van der Waals surface area contributed by atoms with Crippen LogP contribution in [0, 0.1) is 30.6 Å². The minimum atomic E-state index is -0.725. The summed E-state index contributed by atoms with van der Waals surface area (Å²) in [5.41, 5.74) is 3.07. The van der Waals surface area contributed by atoms with Gasteiger partial charge < -0.3 is 9.47 Å². The van der Waals surface area contributed by atoms with Gasteiger partial charge in [-0.2, -0.15) is 0 Å². The van der Waals surface area contributed by atoms with Crippen LogP contribution >= 0.6 is 22.6 Å². The largest absolute Gasteiger partial charge is 0.514 e. The van der Waals surface area contributed by atoms with Gasteiger partial charge in [0.25, 0.3) is 0 Å². The first-order valence-electron chi connectivity index (χ1n) is 5.05. The van der Waals surface area contributed by atoms with Crippen LogP contribution in [0.4, 0.5) is 4.79 Å². The maximum Gasteiger partial charge on any atom is 0.514 e. The van der Waals surface area contributed by atoms with Crippen LogP contribution in [-0.2, 0) is 4.74 Å². The molecule has 1 aromatic rings. The number of hydrogen-bond donors (Lipinski definition) is 0. The number of aryl methyl sites for hydroxylation is 2. The summed E-state index contributed by atoms with van der Waals surface area (Å²) >= 11 is 1.88. The van der Waals surface area contributed by atoms with Crippen molar-refractivity contribution < 1.29 is 14.3 Å². The molecule has 4 heteroatoms. The summed E-state index contributed by atoms with van der Waals surface area (Å²) in [7, 11) is 0. The lowest BCUT2D eigenvalue weighted by molar-refractivity contribution is 0.111. The summed E-state index contributed by atoms with van der Waals surface area (Å²) in [6, 6.07) is 3.85. The molecule has 0 heterocycles. The van der Waals surface area contributed by atoms with E-state index in [4.69, 9.17) is 9.47 Å². The van der Waals surface area contributed by atoms with Gasteiger partial charge in [-0.05, 0) is 47.5 Å². The molecule has 0 spiro atoms. The number of halogens is 1. The van der Waals surface area contributed by atoms with E-state index < -0.39 is 6.16 Å². The number of ether oxygens (including phenoxy) is 2. The van der Waals surface area contributed by atoms with Crippen molar-refractivity contribution in [2.75, 3.05) is 6.61 Å². The van der Waals surface area contributed by atoms with Gasteiger partial charge in [0.1, 0.15) is 5.75 Å². The Hall–Kier alpha value is -1.22. The summed E-state index contributed by atoms with van der Waals surface area (Å²) < 4.78 is 12.5. The van der Waals surface area contributed by atoms with Gasteiger partial charge >= 0.3 is 6.16 Å². The van der Waals surface area contributed by atoms with Crippen LogP contribution in [0.3, 0.4) is 0 Å². The zero-order valence-electron chi connectivity index (χ0n) is 9.96. The zero-order chi connectivity index (χ0) is 12.8. The van der Waals surface area contributed by atoms with Crippen molar-refractivity contribution in [3.8, 4) is 15.6 Å². The Morgan fingerprint density at radius 1 is 1.35 bits per heavy atom. The van der Waals surface area contributed by atoms with Crippen LogP contribution in [0.1, 0.15) is 16.7 Å². The monoisotopic (exact) mass is 344 g/mol. The summed E-state index contributed by atoms with van der Waals surface area (Å²) in [5.74, 6) is 3.15. The Morgan fingerprint density at radius 2 is 2.06 bits per heavy atom. The Balaban J connectivity index is 2.73. The fourth-order valence-electron chi connectivity index (χ4n) is 1.35. The zero-order valence-corrected chi connectivity index (χ0v) is 12.1. The summed E-state index contributed by atoms with van der Waals surface area (Å²) in [6.07, 6.45) is -0.725. The first-order valence-corrected chi connectivity index (χ1v) is 6.13. The van der Waals surface area contributed by atoms with Gasteiger partial charge in [0.05, 0.1) is 0 Å². The molecule has 0 radical (unpaired) electrons. The highest BCUT2D eigenvalue weighted by atomic mass is 127. The molecule has 90 valence electrons. The van der Waals surface area contributed by atoms with E-state index in [0.29, 0.717) is 5.75 Å². The molecule has 1 aromatic carbocycles. The number of hydrogen-bond acceptors (Lipinski definition) is 3. The van der Waals surface area contributed by atoms with E-state index in [9.17, 15) is 4.79 Å². The second-order valence-electron chi connectivity index (χ2n) is 3.62. The first-order chi connectivity index (χ1) is 8.04. The minimum Gasteiger partial charge on any atom is -0.421 e. The minimum absolute atomic E-state index is 0.0472. The highest BCUT2D eigenvalue weighted by molar-refractivity contribution is 14.1. The molecule has 0 saturated heterocycles. The summed E-state index contributed by atoms with van der Waals surface area (Å²) in [6.45, 7) is 5.88. The Morgan fingerprint density at radius 3 is 2.71 bits per heavy atom. The molecule has 0 bridgehead atoms. The quantitative estimate of drug-likeness (QED) is 0.356. The van der Waals surface area contributed by atoms with E-state index in [-0.39, 0.29) is 6.61 Å². The maximum atomic E-state index is 11.3. The number of rotatable bonds is 2. The molecule has 1 rings (SSSR count). The van der Waals surface area contributed by atoms with Gasteiger partial charge in [-0.15, -0.1) is 0 Å². The maximum absolute atomic E-state index is 11.3. The predicted molar refractivity (Wildman–Crippen MR) is 74.4 cm³/mol. The van der Waals surface area contributed by atoms with Crippen LogP contribution in [0.25, 0.3) is 0 Å². The van der Waals surface area contributed by atoms with Crippen LogP contribution in [0.5, 0.6) is 5.75 Å². The molecule has 0 aliphatic heterocycles. The normalized spacial score (nSPS) is 9.18. The van der Waals surface area contributed by atoms with Crippen LogP contribution < -0.4 is 4.74 Å². The molecule has 0 aliphatic rings. The highest BCUT2D eigenvalue weighted by Crippen LogP contribution is 2.23. The predicted octanol–water partition coefficient (Wildman–Crippen LogP) is 3.52. The highest BCUT2D eigenvalue weighted by Gasteiger charge is 2.09. The van der Waals surface area contributed by atoms with Crippen molar-refractivity contribution in [2.45, 2.75) is 20.8 Å². The molecule has 0 unspecified atom stereocenters. The molecule has 0 aliphatic carbocycles. The fourth-order valence-corrected chi connectivity index (χ4v) is 1.50. The third-order valence-electron chi connectivity index (χ3n) is 2.29. The molecule has 0 amide bonds. The molecule has 17 heavy (non-hydrogen) atoms. The summed E-state index contributed by atoms with van der Waals surface area (Å²) in [5, 5.41) is 0. The lowest BCUT2D eigenvalue weighted by Gasteiger charge is -2.10. The second kappa shape index (κ2) is 6.50. The van der Waals surface area contributed by atoms with Crippen LogP contribution in [-0.4, -0.2) is 12.8 Å². The van der Waals surface area contributed by atoms with Crippen molar-refractivity contribution in [2.24, 2.45) is 0 Å². The van der Waals surface area contributed by atoms with Crippen molar-refractivity contribution in [3.63, 3.8) is 0 Å². The lowest BCUT2D eigenvalue weighted by Crippen LogP contribution is -2.11. The standard InChI is InChI=1S/C13H13IO3/c1-9-7-10(2)11(3)12(8-9)17-13(15)16-6-4-5-14/h7-8H,6H2,1-3H3. The number of benzene rings is 1. The fraction of sp³-hybridized carbons (Fsp3) is 0.308. The smallest absolute Gasteiger partial charge is 0.421 e. The van der Waals surface area contributed by atoms with Gasteiger partial charge in [0, 0.05) is 22.6 Å². The third-order valence-corrected chi connectivity index (χ3v) is 2.67. The third kappa shape index (κ3) is 4.27. The van der Waals surface area contributed by atoms with Crippen molar-refractivity contribution in [1.82, 2.24) is 0 Å². The van der Waals surface area contributed by atoms with Crippen molar-refractivity contribution in [1.29, 1.82) is 0 Å². The van der Waals surface area contributed by atoms with Crippen molar-refractivity contribution >= 4 is 28.7 Å². The Bertz CT molecular complexity index is 483.